The topological polar surface area (TPSA) is 35.0 Å². The fourth-order valence-electron chi connectivity index (χ4n) is 4.45. The number of aromatic nitrogens is 2. The summed E-state index contributed by atoms with van der Waals surface area (Å²) in [6, 6.07) is 28.8. The van der Waals surface area contributed by atoms with Crippen LogP contribution in [-0.2, 0) is 6.18 Å². The molecule has 0 fully saturated rings. The molecule has 0 radical (unpaired) electrons. The van der Waals surface area contributed by atoms with E-state index < -0.39 is 17.6 Å². The second-order valence-electron chi connectivity index (χ2n) is 8.61. The standard InChI is InChI=1S/C30H19F3N2OS/c1-18-16-23-21-11-6-5-10-20(21)22(17-27(23)37-18)26-15-14-24(30(31,32)33)29(35-26)36-28-13-7-12-25(34-28)19-8-3-2-4-9-19/h2-17H,1H3. The van der Waals surface area contributed by atoms with E-state index in [4.69, 9.17) is 4.74 Å². The Labute approximate surface area is 214 Å². The van der Waals surface area contributed by atoms with E-state index in [1.807, 2.05) is 67.6 Å². The lowest BCUT2D eigenvalue weighted by atomic mass is 9.98. The number of ether oxygens (including phenoxy) is 1. The average Bonchev–Trinajstić information content (AvgIpc) is 3.28. The number of halogens is 3. The molecule has 6 rings (SSSR count). The first-order valence-corrected chi connectivity index (χ1v) is 12.4. The van der Waals surface area contributed by atoms with Crippen LogP contribution < -0.4 is 4.74 Å². The van der Waals surface area contributed by atoms with Crippen molar-refractivity contribution in [3.05, 3.63) is 108 Å². The summed E-state index contributed by atoms with van der Waals surface area (Å²) < 4.78 is 48.6. The van der Waals surface area contributed by atoms with Gasteiger partial charge in [0.1, 0.15) is 5.56 Å². The van der Waals surface area contributed by atoms with Crippen molar-refractivity contribution in [3.8, 4) is 34.3 Å². The van der Waals surface area contributed by atoms with Crippen LogP contribution in [0.25, 0.3) is 43.4 Å². The van der Waals surface area contributed by atoms with E-state index >= 15 is 0 Å². The minimum atomic E-state index is -4.64. The summed E-state index contributed by atoms with van der Waals surface area (Å²) >= 11 is 1.64. The smallest absolute Gasteiger partial charge is 0.420 e. The zero-order chi connectivity index (χ0) is 25.6. The van der Waals surface area contributed by atoms with E-state index in [1.165, 1.54) is 12.1 Å². The number of hydrogen-bond donors (Lipinski definition) is 0. The van der Waals surface area contributed by atoms with Crippen LogP contribution in [0.2, 0.25) is 0 Å². The van der Waals surface area contributed by atoms with Gasteiger partial charge in [-0.15, -0.1) is 11.3 Å². The number of nitrogens with zero attached hydrogens (tertiary/aromatic N) is 2. The lowest BCUT2D eigenvalue weighted by Crippen LogP contribution is -2.09. The van der Waals surface area contributed by atoms with Crippen molar-refractivity contribution >= 4 is 32.2 Å². The Hall–Kier alpha value is -4.23. The van der Waals surface area contributed by atoms with Crippen LogP contribution in [0, 0.1) is 6.92 Å². The third kappa shape index (κ3) is 4.42. The highest BCUT2D eigenvalue weighted by atomic mass is 32.1. The molecule has 3 heterocycles. The molecule has 3 nitrogen and oxygen atoms in total. The first kappa shape index (κ1) is 23.2. The first-order valence-electron chi connectivity index (χ1n) is 11.6. The first-order chi connectivity index (χ1) is 17.9. The van der Waals surface area contributed by atoms with Gasteiger partial charge in [0.2, 0.25) is 11.8 Å². The number of aryl methyl sites for hydroxylation is 1. The van der Waals surface area contributed by atoms with Crippen molar-refractivity contribution in [3.63, 3.8) is 0 Å². The van der Waals surface area contributed by atoms with Crippen molar-refractivity contribution in [2.75, 3.05) is 0 Å². The Kier molecular flexibility index (Phi) is 5.65. The number of hydrogen-bond acceptors (Lipinski definition) is 4. The van der Waals surface area contributed by atoms with E-state index in [2.05, 4.69) is 16.0 Å². The lowest BCUT2D eigenvalue weighted by Gasteiger charge is -2.15. The zero-order valence-corrected chi connectivity index (χ0v) is 20.4. The van der Waals surface area contributed by atoms with Crippen LogP contribution in [0.5, 0.6) is 11.8 Å². The van der Waals surface area contributed by atoms with E-state index in [-0.39, 0.29) is 5.88 Å². The number of fused-ring (bicyclic) bond motifs is 3. The van der Waals surface area contributed by atoms with Crippen molar-refractivity contribution in [2.24, 2.45) is 0 Å². The Morgan fingerprint density at radius 2 is 1.46 bits per heavy atom. The third-order valence-corrected chi connectivity index (χ3v) is 7.10. The molecule has 6 aromatic rings. The molecule has 0 amide bonds. The van der Waals surface area contributed by atoms with Gasteiger partial charge in [-0.25, -0.2) is 9.97 Å². The number of thiophene rings is 1. The summed E-state index contributed by atoms with van der Waals surface area (Å²) in [7, 11) is 0. The molecule has 0 aliphatic carbocycles. The monoisotopic (exact) mass is 512 g/mol. The minimum absolute atomic E-state index is 0.0331. The Morgan fingerprint density at radius 1 is 0.703 bits per heavy atom. The predicted octanol–water partition coefficient (Wildman–Crippen LogP) is 9.30. The SMILES string of the molecule is Cc1cc2c(cc(-c3ccc(C(F)(F)F)c(Oc4cccc(-c5ccccc5)n4)n3)c3ccccc32)s1. The van der Waals surface area contributed by atoms with Crippen LogP contribution in [0.15, 0.2) is 97.1 Å². The lowest BCUT2D eigenvalue weighted by molar-refractivity contribution is -0.138. The molecular formula is C30H19F3N2OS. The molecule has 0 atom stereocenters. The molecule has 0 bridgehead atoms. The summed E-state index contributed by atoms with van der Waals surface area (Å²) in [5.74, 6) is -0.500. The van der Waals surface area contributed by atoms with Gasteiger partial charge in [-0.3, -0.25) is 0 Å². The maximum Gasteiger partial charge on any atom is 0.421 e. The predicted molar refractivity (Wildman–Crippen MR) is 142 cm³/mol. The summed E-state index contributed by atoms with van der Waals surface area (Å²) in [5, 5.41) is 3.06. The van der Waals surface area contributed by atoms with Gasteiger partial charge >= 0.3 is 6.18 Å². The highest BCUT2D eigenvalue weighted by Crippen LogP contribution is 2.41. The quantitative estimate of drug-likeness (QED) is 0.236. The molecule has 7 heteroatoms. The molecular weight excluding hydrogens is 493 g/mol. The van der Waals surface area contributed by atoms with E-state index in [9.17, 15) is 13.2 Å². The van der Waals surface area contributed by atoms with E-state index in [1.54, 1.807) is 23.5 Å². The van der Waals surface area contributed by atoms with Crippen molar-refractivity contribution in [1.29, 1.82) is 0 Å². The maximum atomic E-state index is 14.0. The summed E-state index contributed by atoms with van der Waals surface area (Å²) in [6.07, 6.45) is -4.64. The fraction of sp³-hybridized carbons (Fsp3) is 0.0667. The molecule has 0 aliphatic heterocycles. The molecule has 3 aromatic carbocycles. The van der Waals surface area contributed by atoms with Crippen LogP contribution in [0.3, 0.4) is 0 Å². The Bertz CT molecular complexity index is 1760. The Balaban J connectivity index is 1.49. The number of benzene rings is 3. The molecule has 0 saturated heterocycles. The summed E-state index contributed by atoms with van der Waals surface area (Å²) in [4.78, 5) is 9.98. The molecule has 0 unspecified atom stereocenters. The fourth-order valence-corrected chi connectivity index (χ4v) is 5.43. The van der Waals surface area contributed by atoms with Crippen LogP contribution in [0.1, 0.15) is 10.4 Å². The van der Waals surface area contributed by atoms with Crippen LogP contribution >= 0.6 is 11.3 Å². The van der Waals surface area contributed by atoms with Crippen LogP contribution in [0.4, 0.5) is 13.2 Å². The molecule has 3 aromatic heterocycles. The van der Waals surface area contributed by atoms with E-state index in [0.717, 1.165) is 42.9 Å². The van der Waals surface area contributed by atoms with Crippen molar-refractivity contribution in [1.82, 2.24) is 9.97 Å². The van der Waals surface area contributed by atoms with Crippen molar-refractivity contribution in [2.45, 2.75) is 13.1 Å². The highest BCUT2D eigenvalue weighted by molar-refractivity contribution is 7.19. The van der Waals surface area contributed by atoms with Gasteiger partial charge in [0, 0.05) is 32.2 Å². The maximum absolute atomic E-state index is 14.0. The molecule has 182 valence electrons. The van der Waals surface area contributed by atoms with Gasteiger partial charge in [0.15, 0.2) is 0 Å². The molecule has 0 saturated carbocycles. The van der Waals surface area contributed by atoms with Gasteiger partial charge in [0.25, 0.3) is 0 Å². The molecule has 0 N–H and O–H groups in total. The van der Waals surface area contributed by atoms with Gasteiger partial charge in [-0.2, -0.15) is 13.2 Å². The van der Waals surface area contributed by atoms with Gasteiger partial charge < -0.3 is 4.74 Å². The average molecular weight is 513 g/mol. The summed E-state index contributed by atoms with van der Waals surface area (Å²) in [6.45, 7) is 2.04. The van der Waals surface area contributed by atoms with Crippen LogP contribution in [-0.4, -0.2) is 9.97 Å². The number of rotatable bonds is 4. The van der Waals surface area contributed by atoms with Gasteiger partial charge in [-0.05, 0) is 48.0 Å². The normalized spacial score (nSPS) is 11.8. The Morgan fingerprint density at radius 3 is 2.24 bits per heavy atom. The number of alkyl halides is 3. The minimum Gasteiger partial charge on any atom is -0.420 e. The third-order valence-electron chi connectivity index (χ3n) is 6.10. The number of pyridine rings is 2. The molecule has 37 heavy (non-hydrogen) atoms. The largest absolute Gasteiger partial charge is 0.421 e. The van der Waals surface area contributed by atoms with Gasteiger partial charge in [-0.1, -0.05) is 60.7 Å². The zero-order valence-electron chi connectivity index (χ0n) is 19.6. The second kappa shape index (κ2) is 9.01. The van der Waals surface area contributed by atoms with E-state index in [0.29, 0.717) is 11.4 Å². The molecule has 0 spiro atoms. The summed E-state index contributed by atoms with van der Waals surface area (Å²) in [5.41, 5.74) is 1.60. The van der Waals surface area contributed by atoms with Gasteiger partial charge in [0.05, 0.1) is 11.4 Å². The second-order valence-corrected chi connectivity index (χ2v) is 9.90. The van der Waals surface area contributed by atoms with Crippen molar-refractivity contribution < 1.29 is 17.9 Å². The highest BCUT2D eigenvalue weighted by Gasteiger charge is 2.36. The molecule has 0 aliphatic rings.